The van der Waals surface area contributed by atoms with Crippen LogP contribution in [0.1, 0.15) is 31.3 Å². The lowest BCUT2D eigenvalue weighted by molar-refractivity contribution is 0.0926. The minimum Gasteiger partial charge on any atom is -0.348 e. The zero-order chi connectivity index (χ0) is 19.0. The van der Waals surface area contributed by atoms with Gasteiger partial charge in [0.05, 0.1) is 5.69 Å². The second kappa shape index (κ2) is 6.96. The number of aromatic nitrogens is 3. The molecule has 0 aliphatic heterocycles. The third-order valence-corrected chi connectivity index (χ3v) is 4.92. The topological polar surface area (TPSA) is 68.4 Å². The number of carbonyl (C=O) groups excluding carboxylic acids is 1. The molecule has 7 heteroatoms. The van der Waals surface area contributed by atoms with Crippen LogP contribution in [-0.2, 0) is 7.05 Å². The molecular weight excluding hydrogens is 352 g/mol. The molecule has 3 aromatic rings. The number of hydrogen-bond acceptors (Lipinski definition) is 3. The Kier molecular flexibility index (Phi) is 4.87. The highest BCUT2D eigenvalue weighted by atomic mass is 35.5. The van der Waals surface area contributed by atoms with Crippen LogP contribution in [0.15, 0.2) is 41.5 Å². The van der Waals surface area contributed by atoms with E-state index in [0.29, 0.717) is 16.6 Å². The second-order valence-corrected chi connectivity index (χ2v) is 7.13. The highest BCUT2D eigenvalue weighted by molar-refractivity contribution is 6.33. The van der Waals surface area contributed by atoms with Gasteiger partial charge in [-0.05, 0) is 18.9 Å². The molecule has 0 aliphatic rings. The molecule has 0 saturated heterocycles. The minimum absolute atomic E-state index is 0.00818. The summed E-state index contributed by atoms with van der Waals surface area (Å²) < 4.78 is 3.07. The van der Waals surface area contributed by atoms with E-state index >= 15 is 0 Å². The first-order chi connectivity index (χ1) is 12.3. The van der Waals surface area contributed by atoms with Gasteiger partial charge in [-0.2, -0.15) is 0 Å². The number of benzene rings is 1. The fourth-order valence-electron chi connectivity index (χ4n) is 2.60. The fraction of sp³-hybridized carbons (Fsp3) is 0.316. The Hall–Kier alpha value is -2.60. The number of nitrogens with zero attached hydrogens (tertiary/aromatic N) is 3. The van der Waals surface area contributed by atoms with Gasteiger partial charge in [-0.1, -0.05) is 43.6 Å². The summed E-state index contributed by atoms with van der Waals surface area (Å²) in [6.45, 7) is 5.99. The first-order valence-corrected chi connectivity index (χ1v) is 8.82. The summed E-state index contributed by atoms with van der Waals surface area (Å²) in [4.78, 5) is 29.3. The molecule has 136 valence electrons. The molecule has 0 radical (unpaired) electrons. The van der Waals surface area contributed by atoms with E-state index in [1.807, 2.05) is 39.0 Å². The van der Waals surface area contributed by atoms with Crippen molar-refractivity contribution in [2.24, 2.45) is 13.0 Å². The molecule has 2 aromatic heterocycles. The first kappa shape index (κ1) is 18.2. The van der Waals surface area contributed by atoms with Gasteiger partial charge in [0.1, 0.15) is 5.69 Å². The van der Waals surface area contributed by atoms with Gasteiger partial charge in [-0.25, -0.2) is 4.98 Å². The normalized spacial score (nSPS) is 12.5. The van der Waals surface area contributed by atoms with Crippen molar-refractivity contribution in [2.45, 2.75) is 26.8 Å². The van der Waals surface area contributed by atoms with Crippen LogP contribution in [0.2, 0.25) is 5.02 Å². The van der Waals surface area contributed by atoms with Crippen molar-refractivity contribution in [3.8, 4) is 11.3 Å². The molecule has 1 N–H and O–H groups in total. The van der Waals surface area contributed by atoms with Crippen LogP contribution in [0.5, 0.6) is 0 Å². The molecule has 0 aliphatic carbocycles. The lowest BCUT2D eigenvalue weighted by Gasteiger charge is -2.16. The summed E-state index contributed by atoms with van der Waals surface area (Å²) in [7, 11) is 1.66. The molecule has 2 heterocycles. The Labute approximate surface area is 156 Å². The predicted octanol–water partition coefficient (Wildman–Crippen LogP) is 3.13. The summed E-state index contributed by atoms with van der Waals surface area (Å²) >= 11 is 6.27. The molecule has 26 heavy (non-hydrogen) atoms. The van der Waals surface area contributed by atoms with Crippen LogP contribution in [0, 0.1) is 5.92 Å². The van der Waals surface area contributed by atoms with Gasteiger partial charge in [0.15, 0.2) is 0 Å². The van der Waals surface area contributed by atoms with Gasteiger partial charge in [-0.3, -0.25) is 14.0 Å². The number of nitrogens with one attached hydrogen (secondary N) is 1. The number of fused-ring (bicyclic) bond motifs is 1. The molecule has 1 amide bonds. The van der Waals surface area contributed by atoms with Crippen molar-refractivity contribution >= 4 is 23.2 Å². The number of amides is 1. The molecule has 1 atom stereocenters. The minimum atomic E-state index is -0.295. The van der Waals surface area contributed by atoms with E-state index in [2.05, 4.69) is 10.3 Å². The lowest BCUT2D eigenvalue weighted by atomic mass is 10.1. The van der Waals surface area contributed by atoms with Crippen LogP contribution < -0.4 is 10.9 Å². The zero-order valence-electron chi connectivity index (χ0n) is 15.2. The summed E-state index contributed by atoms with van der Waals surface area (Å²) in [6.07, 6.45) is 3.33. The van der Waals surface area contributed by atoms with Crippen molar-refractivity contribution in [1.29, 1.82) is 0 Å². The molecule has 6 nitrogen and oxygen atoms in total. The van der Waals surface area contributed by atoms with E-state index < -0.39 is 0 Å². The van der Waals surface area contributed by atoms with E-state index in [1.54, 1.807) is 29.9 Å². The molecule has 1 aromatic carbocycles. The molecule has 0 fully saturated rings. The van der Waals surface area contributed by atoms with E-state index in [1.165, 1.54) is 4.57 Å². The third kappa shape index (κ3) is 3.24. The van der Waals surface area contributed by atoms with Crippen molar-refractivity contribution in [1.82, 2.24) is 19.3 Å². The fourth-order valence-corrected chi connectivity index (χ4v) is 2.84. The van der Waals surface area contributed by atoms with E-state index in [0.717, 1.165) is 5.56 Å². The molecule has 1 unspecified atom stereocenters. The van der Waals surface area contributed by atoms with Crippen molar-refractivity contribution < 1.29 is 4.79 Å². The molecule has 0 spiro atoms. The standard InChI is InChI=1S/C19H21ClN4O2/c1-11(2)12(3)21-18(25)15-9-24-10-16(13-7-5-6-8-14(13)20)23(4)19(26)17(24)22-15/h5-12H,1-4H3,(H,21,25). The maximum Gasteiger partial charge on any atom is 0.294 e. The smallest absolute Gasteiger partial charge is 0.294 e. The average molecular weight is 373 g/mol. The molecule has 0 bridgehead atoms. The molecule has 3 rings (SSSR count). The van der Waals surface area contributed by atoms with Gasteiger partial charge in [-0.15, -0.1) is 0 Å². The zero-order valence-corrected chi connectivity index (χ0v) is 15.9. The number of imidazole rings is 1. The number of rotatable bonds is 4. The summed E-state index contributed by atoms with van der Waals surface area (Å²) in [5.41, 5.74) is 1.51. The summed E-state index contributed by atoms with van der Waals surface area (Å²) in [6, 6.07) is 7.31. The molecular formula is C19H21ClN4O2. The Morgan fingerprint density at radius 3 is 2.54 bits per heavy atom. The maximum atomic E-state index is 12.7. The number of hydrogen-bond donors (Lipinski definition) is 1. The van der Waals surface area contributed by atoms with E-state index in [9.17, 15) is 9.59 Å². The Morgan fingerprint density at radius 2 is 1.88 bits per heavy atom. The van der Waals surface area contributed by atoms with Gasteiger partial charge >= 0.3 is 0 Å². The highest BCUT2D eigenvalue weighted by Gasteiger charge is 2.18. The Morgan fingerprint density at radius 1 is 1.19 bits per heavy atom. The van der Waals surface area contributed by atoms with Crippen LogP contribution >= 0.6 is 11.6 Å². The van der Waals surface area contributed by atoms with E-state index in [4.69, 9.17) is 11.6 Å². The Bertz CT molecular complexity index is 1040. The largest absolute Gasteiger partial charge is 0.348 e. The molecule has 0 saturated carbocycles. The monoisotopic (exact) mass is 372 g/mol. The SMILES string of the molecule is CC(C)C(C)NC(=O)c1cn2cc(-c3ccccc3Cl)n(C)c(=O)c2n1. The summed E-state index contributed by atoms with van der Waals surface area (Å²) in [5.74, 6) is 0.00641. The van der Waals surface area contributed by atoms with E-state index in [-0.39, 0.29) is 28.8 Å². The summed E-state index contributed by atoms with van der Waals surface area (Å²) in [5, 5.41) is 3.45. The predicted molar refractivity (Wildman–Crippen MR) is 103 cm³/mol. The van der Waals surface area contributed by atoms with Crippen molar-refractivity contribution in [3.05, 3.63) is 57.7 Å². The van der Waals surface area contributed by atoms with Crippen LogP contribution in [0.4, 0.5) is 0 Å². The van der Waals surface area contributed by atoms with Crippen LogP contribution in [0.25, 0.3) is 16.9 Å². The van der Waals surface area contributed by atoms with Crippen molar-refractivity contribution in [3.63, 3.8) is 0 Å². The first-order valence-electron chi connectivity index (χ1n) is 8.44. The highest BCUT2D eigenvalue weighted by Crippen LogP contribution is 2.26. The average Bonchev–Trinajstić information content (AvgIpc) is 3.03. The third-order valence-electron chi connectivity index (χ3n) is 4.59. The number of carbonyl (C=O) groups is 1. The van der Waals surface area contributed by atoms with Crippen LogP contribution in [0.3, 0.4) is 0 Å². The van der Waals surface area contributed by atoms with Gasteiger partial charge in [0.25, 0.3) is 11.5 Å². The van der Waals surface area contributed by atoms with Gasteiger partial charge < -0.3 is 9.88 Å². The number of halogens is 1. The second-order valence-electron chi connectivity index (χ2n) is 6.72. The van der Waals surface area contributed by atoms with Crippen LogP contribution in [-0.4, -0.2) is 25.9 Å². The lowest BCUT2D eigenvalue weighted by Crippen LogP contribution is -2.36. The van der Waals surface area contributed by atoms with Gasteiger partial charge in [0.2, 0.25) is 5.65 Å². The Balaban J connectivity index is 2.08. The van der Waals surface area contributed by atoms with Crippen molar-refractivity contribution in [2.75, 3.05) is 0 Å². The quantitative estimate of drug-likeness (QED) is 0.765. The van der Waals surface area contributed by atoms with Gasteiger partial charge in [0, 0.05) is 36.1 Å². The maximum absolute atomic E-state index is 12.7.